The molecule has 0 bridgehead atoms. The third-order valence-corrected chi connectivity index (χ3v) is 4.08. The summed E-state index contributed by atoms with van der Waals surface area (Å²) in [7, 11) is -1.96. The van der Waals surface area contributed by atoms with Crippen molar-refractivity contribution in [3.8, 4) is 0 Å². The van der Waals surface area contributed by atoms with Crippen LogP contribution in [-0.2, 0) is 23.6 Å². The van der Waals surface area contributed by atoms with Crippen molar-refractivity contribution in [1.29, 1.82) is 0 Å². The fourth-order valence-corrected chi connectivity index (χ4v) is 2.72. The van der Waals surface area contributed by atoms with Crippen LogP contribution < -0.4 is 10.0 Å². The molecule has 8 heteroatoms. The topological polar surface area (TPSA) is 88.9 Å². The minimum atomic E-state index is -3.68. The number of anilines is 1. The quantitative estimate of drug-likeness (QED) is 0.748. The fourth-order valence-electron chi connectivity index (χ4n) is 1.77. The zero-order chi connectivity index (χ0) is 15.3. The number of hydrogen-bond acceptors (Lipinski definition) is 5. The van der Waals surface area contributed by atoms with Gasteiger partial charge in [-0.15, -0.1) is 0 Å². The second-order valence-electron chi connectivity index (χ2n) is 4.69. The number of aryl methyl sites for hydroxylation is 1. The molecular weight excluding hydrogens is 290 g/mol. The highest BCUT2D eigenvalue weighted by molar-refractivity contribution is 7.92. The molecule has 2 rings (SSSR count). The zero-order valence-electron chi connectivity index (χ0n) is 12.1. The van der Waals surface area contributed by atoms with E-state index in [0.29, 0.717) is 12.2 Å². The lowest BCUT2D eigenvalue weighted by molar-refractivity contribution is 0.597. The van der Waals surface area contributed by atoms with E-state index in [9.17, 15) is 8.42 Å². The highest BCUT2D eigenvalue weighted by Gasteiger charge is 2.16. The first kappa shape index (κ1) is 15.5. The standard InChI is InChI=1S/C13H19N5O2S/c1-3-6-14-7-11-4-5-13(15-8-11)21(19,20)17-12-9-16-18(2)10-12/h4-5,8-10,14,17H,3,6-7H2,1-2H3. The first-order valence-electron chi connectivity index (χ1n) is 6.68. The van der Waals surface area contributed by atoms with Gasteiger partial charge in [0.1, 0.15) is 0 Å². The van der Waals surface area contributed by atoms with Crippen LogP contribution in [0, 0.1) is 0 Å². The second kappa shape index (κ2) is 6.68. The molecule has 2 aromatic heterocycles. The van der Waals surface area contributed by atoms with Crippen LogP contribution in [0.3, 0.4) is 0 Å². The Morgan fingerprint density at radius 1 is 1.29 bits per heavy atom. The molecular formula is C13H19N5O2S. The molecule has 0 saturated heterocycles. The maximum atomic E-state index is 12.2. The Balaban J connectivity index is 2.06. The van der Waals surface area contributed by atoms with Crippen LogP contribution in [0.5, 0.6) is 0 Å². The normalized spacial score (nSPS) is 11.5. The van der Waals surface area contributed by atoms with Crippen LogP contribution in [0.2, 0.25) is 0 Å². The molecule has 7 nitrogen and oxygen atoms in total. The van der Waals surface area contributed by atoms with Gasteiger partial charge in [0.05, 0.1) is 11.9 Å². The number of aromatic nitrogens is 3. The van der Waals surface area contributed by atoms with Crippen LogP contribution >= 0.6 is 0 Å². The van der Waals surface area contributed by atoms with Gasteiger partial charge in [0.25, 0.3) is 10.0 Å². The zero-order valence-corrected chi connectivity index (χ0v) is 12.9. The molecule has 0 atom stereocenters. The van der Waals surface area contributed by atoms with Crippen LogP contribution in [0.4, 0.5) is 5.69 Å². The number of sulfonamides is 1. The van der Waals surface area contributed by atoms with Crippen molar-refractivity contribution >= 4 is 15.7 Å². The predicted molar refractivity (Wildman–Crippen MR) is 80.3 cm³/mol. The Morgan fingerprint density at radius 3 is 2.67 bits per heavy atom. The second-order valence-corrected chi connectivity index (χ2v) is 6.32. The molecule has 0 fully saturated rings. The maximum absolute atomic E-state index is 12.2. The van der Waals surface area contributed by atoms with Gasteiger partial charge < -0.3 is 5.32 Å². The van der Waals surface area contributed by atoms with E-state index < -0.39 is 10.0 Å². The van der Waals surface area contributed by atoms with E-state index in [1.54, 1.807) is 25.5 Å². The van der Waals surface area contributed by atoms with Gasteiger partial charge in [0, 0.05) is 26.0 Å². The summed E-state index contributed by atoms with van der Waals surface area (Å²) in [6.07, 6.45) is 5.65. The molecule has 0 radical (unpaired) electrons. The largest absolute Gasteiger partial charge is 0.313 e. The summed E-state index contributed by atoms with van der Waals surface area (Å²) in [6, 6.07) is 3.26. The van der Waals surface area contributed by atoms with Gasteiger partial charge in [0.2, 0.25) is 0 Å². The third-order valence-electron chi connectivity index (χ3n) is 2.79. The average Bonchev–Trinajstić information content (AvgIpc) is 2.84. The molecule has 0 aliphatic carbocycles. The van der Waals surface area contributed by atoms with Gasteiger partial charge >= 0.3 is 0 Å². The predicted octanol–water partition coefficient (Wildman–Crippen LogP) is 1.12. The number of hydrogen-bond donors (Lipinski definition) is 2. The van der Waals surface area contributed by atoms with Gasteiger partial charge in [-0.3, -0.25) is 9.40 Å². The van der Waals surface area contributed by atoms with E-state index in [0.717, 1.165) is 18.5 Å². The molecule has 0 saturated carbocycles. The van der Waals surface area contributed by atoms with Crippen molar-refractivity contribution in [3.05, 3.63) is 36.3 Å². The van der Waals surface area contributed by atoms with Crippen LogP contribution in [0.15, 0.2) is 35.7 Å². The first-order chi connectivity index (χ1) is 10.0. The number of rotatable bonds is 7. The highest BCUT2D eigenvalue weighted by Crippen LogP contribution is 2.13. The third kappa shape index (κ3) is 4.27. The Morgan fingerprint density at radius 2 is 2.10 bits per heavy atom. The van der Waals surface area contributed by atoms with E-state index in [1.165, 1.54) is 16.9 Å². The summed E-state index contributed by atoms with van der Waals surface area (Å²) >= 11 is 0. The van der Waals surface area contributed by atoms with Crippen LogP contribution in [0.1, 0.15) is 18.9 Å². The molecule has 0 spiro atoms. The van der Waals surface area contributed by atoms with Crippen molar-refractivity contribution < 1.29 is 8.42 Å². The lowest BCUT2D eigenvalue weighted by Crippen LogP contribution is -2.16. The summed E-state index contributed by atoms with van der Waals surface area (Å²) in [6.45, 7) is 3.69. The monoisotopic (exact) mass is 309 g/mol. The van der Waals surface area contributed by atoms with E-state index in [2.05, 4.69) is 27.0 Å². The SMILES string of the molecule is CCCNCc1ccc(S(=O)(=O)Nc2cnn(C)c2)nc1. The lowest BCUT2D eigenvalue weighted by Gasteiger charge is -2.06. The maximum Gasteiger partial charge on any atom is 0.279 e. The summed E-state index contributed by atoms with van der Waals surface area (Å²) in [5.41, 5.74) is 1.36. The molecule has 114 valence electrons. The van der Waals surface area contributed by atoms with E-state index in [-0.39, 0.29) is 5.03 Å². The Hall–Kier alpha value is -1.93. The minimum absolute atomic E-state index is 0.00871. The minimum Gasteiger partial charge on any atom is -0.313 e. The summed E-state index contributed by atoms with van der Waals surface area (Å²) in [4.78, 5) is 4.01. The smallest absolute Gasteiger partial charge is 0.279 e. The molecule has 2 N–H and O–H groups in total. The van der Waals surface area contributed by atoms with Crippen LogP contribution in [-0.4, -0.2) is 29.7 Å². The van der Waals surface area contributed by atoms with Crippen molar-refractivity contribution in [2.75, 3.05) is 11.3 Å². The molecule has 0 unspecified atom stereocenters. The Labute approximate surface area is 124 Å². The fraction of sp³-hybridized carbons (Fsp3) is 0.385. The van der Waals surface area contributed by atoms with E-state index in [4.69, 9.17) is 0 Å². The van der Waals surface area contributed by atoms with Crippen molar-refractivity contribution in [2.24, 2.45) is 7.05 Å². The molecule has 0 aromatic carbocycles. The van der Waals surface area contributed by atoms with Crippen molar-refractivity contribution in [1.82, 2.24) is 20.1 Å². The molecule has 21 heavy (non-hydrogen) atoms. The Bertz CT molecular complexity index is 679. The number of nitrogens with one attached hydrogen (secondary N) is 2. The molecule has 2 aromatic rings. The lowest BCUT2D eigenvalue weighted by atomic mass is 10.3. The number of pyridine rings is 1. The van der Waals surface area contributed by atoms with Gasteiger partial charge in [-0.05, 0) is 24.6 Å². The van der Waals surface area contributed by atoms with Crippen molar-refractivity contribution in [2.45, 2.75) is 24.9 Å². The average molecular weight is 309 g/mol. The molecule has 0 amide bonds. The Kier molecular flexibility index (Phi) is 4.92. The van der Waals surface area contributed by atoms with Crippen LogP contribution in [0.25, 0.3) is 0 Å². The highest BCUT2D eigenvalue weighted by atomic mass is 32.2. The van der Waals surface area contributed by atoms with Gasteiger partial charge in [0.15, 0.2) is 5.03 Å². The molecule has 2 heterocycles. The van der Waals surface area contributed by atoms with E-state index in [1.807, 2.05) is 0 Å². The van der Waals surface area contributed by atoms with Gasteiger partial charge in [-0.1, -0.05) is 13.0 Å². The van der Waals surface area contributed by atoms with Gasteiger partial charge in [-0.25, -0.2) is 4.98 Å². The first-order valence-corrected chi connectivity index (χ1v) is 8.16. The van der Waals surface area contributed by atoms with Gasteiger partial charge in [-0.2, -0.15) is 13.5 Å². The summed E-state index contributed by atoms with van der Waals surface area (Å²) in [5, 5.41) is 7.14. The summed E-state index contributed by atoms with van der Waals surface area (Å²) < 4.78 is 28.3. The van der Waals surface area contributed by atoms with E-state index >= 15 is 0 Å². The van der Waals surface area contributed by atoms with Crippen molar-refractivity contribution in [3.63, 3.8) is 0 Å². The molecule has 0 aliphatic heterocycles. The summed E-state index contributed by atoms with van der Waals surface area (Å²) in [5.74, 6) is 0. The molecule has 0 aliphatic rings. The number of nitrogens with zero attached hydrogens (tertiary/aromatic N) is 3.